The lowest BCUT2D eigenvalue weighted by molar-refractivity contribution is 0.0322. The van der Waals surface area contributed by atoms with E-state index < -0.39 is 0 Å². The van der Waals surface area contributed by atoms with E-state index in [9.17, 15) is 4.39 Å². The van der Waals surface area contributed by atoms with Crippen LogP contribution in [0.5, 0.6) is 11.5 Å². The molecule has 2 aromatic carbocycles. The van der Waals surface area contributed by atoms with E-state index in [1.165, 1.54) is 13.2 Å². The largest absolute Gasteiger partial charge is 0.494 e. The quantitative estimate of drug-likeness (QED) is 0.629. The smallest absolute Gasteiger partial charge is 0.165 e. The first-order valence-electron chi connectivity index (χ1n) is 9.82. The second kappa shape index (κ2) is 8.76. The average Bonchev–Trinajstić information content (AvgIpc) is 2.75. The molecule has 0 N–H and O–H groups in total. The number of aromatic nitrogens is 1. The van der Waals surface area contributed by atoms with Crippen molar-refractivity contribution < 1.29 is 18.6 Å². The van der Waals surface area contributed by atoms with Gasteiger partial charge < -0.3 is 14.2 Å². The Morgan fingerprint density at radius 2 is 1.86 bits per heavy atom. The Balaban J connectivity index is 1.48. The van der Waals surface area contributed by atoms with Crippen molar-refractivity contribution in [3.63, 3.8) is 0 Å². The van der Waals surface area contributed by atoms with Crippen LogP contribution in [0.4, 0.5) is 4.39 Å². The van der Waals surface area contributed by atoms with Crippen LogP contribution in [0.25, 0.3) is 22.2 Å². The molecule has 3 aromatic rings. The van der Waals surface area contributed by atoms with Crippen LogP contribution in [0, 0.1) is 12.7 Å². The van der Waals surface area contributed by atoms with Crippen molar-refractivity contribution in [3.8, 4) is 22.8 Å². The van der Waals surface area contributed by atoms with E-state index in [0.717, 1.165) is 60.8 Å². The van der Waals surface area contributed by atoms with E-state index in [1.54, 1.807) is 6.07 Å². The van der Waals surface area contributed by atoms with Gasteiger partial charge in [-0.3, -0.25) is 4.90 Å². The normalized spacial score (nSPS) is 14.9. The van der Waals surface area contributed by atoms with E-state index in [4.69, 9.17) is 19.2 Å². The molecule has 152 valence electrons. The van der Waals surface area contributed by atoms with Crippen LogP contribution in [0.15, 0.2) is 42.5 Å². The number of ether oxygens (including phenoxy) is 3. The van der Waals surface area contributed by atoms with Crippen molar-refractivity contribution in [1.82, 2.24) is 9.88 Å². The highest BCUT2D eigenvalue weighted by molar-refractivity contribution is 5.86. The minimum atomic E-state index is -0.378. The molecule has 1 aromatic heterocycles. The maximum atomic E-state index is 14.0. The lowest BCUT2D eigenvalue weighted by Crippen LogP contribution is -2.38. The van der Waals surface area contributed by atoms with Crippen LogP contribution >= 0.6 is 0 Å². The molecular weight excluding hydrogens is 371 g/mol. The third-order valence-corrected chi connectivity index (χ3v) is 5.22. The van der Waals surface area contributed by atoms with Crippen LogP contribution in [0.1, 0.15) is 5.56 Å². The first-order chi connectivity index (χ1) is 14.1. The molecule has 5 nitrogen and oxygen atoms in total. The number of pyridine rings is 1. The monoisotopic (exact) mass is 396 g/mol. The Labute approximate surface area is 170 Å². The van der Waals surface area contributed by atoms with Gasteiger partial charge in [-0.2, -0.15) is 0 Å². The first kappa shape index (κ1) is 19.6. The highest BCUT2D eigenvalue weighted by Gasteiger charge is 2.12. The Hall–Kier alpha value is -2.70. The van der Waals surface area contributed by atoms with Gasteiger partial charge in [-0.05, 0) is 48.9 Å². The van der Waals surface area contributed by atoms with Gasteiger partial charge in [0.2, 0.25) is 0 Å². The zero-order valence-electron chi connectivity index (χ0n) is 16.8. The number of halogens is 1. The van der Waals surface area contributed by atoms with Gasteiger partial charge in [-0.15, -0.1) is 0 Å². The van der Waals surface area contributed by atoms with E-state index in [0.29, 0.717) is 12.1 Å². The maximum absolute atomic E-state index is 14.0. The number of rotatable bonds is 6. The molecule has 4 rings (SSSR count). The Bertz CT molecular complexity index is 986. The summed E-state index contributed by atoms with van der Waals surface area (Å²) in [5, 5.41) is 0.787. The lowest BCUT2D eigenvalue weighted by atomic mass is 10.0. The Morgan fingerprint density at radius 3 is 2.59 bits per heavy atom. The number of morpholine rings is 1. The molecule has 0 spiro atoms. The fraction of sp³-hybridized carbons (Fsp3) is 0.348. The van der Waals surface area contributed by atoms with Gasteiger partial charge >= 0.3 is 0 Å². The zero-order valence-corrected chi connectivity index (χ0v) is 16.8. The number of fused-ring (bicyclic) bond motifs is 1. The summed E-state index contributed by atoms with van der Waals surface area (Å²) in [6.07, 6.45) is 0. The molecule has 0 radical (unpaired) electrons. The third-order valence-electron chi connectivity index (χ3n) is 5.22. The first-order valence-corrected chi connectivity index (χ1v) is 9.82. The topological polar surface area (TPSA) is 43.8 Å². The summed E-state index contributed by atoms with van der Waals surface area (Å²) < 4.78 is 30.3. The standard InChI is InChI=1S/C23H25FN2O3/c1-16-13-21(25-22-15-23(27-2)20(24)14-19(16)22)17-3-5-18(6-4-17)29-12-9-26-7-10-28-11-8-26/h3-6,13-15H,7-12H2,1-2H3. The fourth-order valence-electron chi connectivity index (χ4n) is 3.54. The lowest BCUT2D eigenvalue weighted by Gasteiger charge is -2.26. The summed E-state index contributed by atoms with van der Waals surface area (Å²) in [6, 6.07) is 13.0. The van der Waals surface area contributed by atoms with Gasteiger partial charge in [0.1, 0.15) is 12.4 Å². The van der Waals surface area contributed by atoms with Gasteiger partial charge in [0.15, 0.2) is 11.6 Å². The van der Waals surface area contributed by atoms with Gasteiger partial charge in [-0.25, -0.2) is 9.37 Å². The fourth-order valence-corrected chi connectivity index (χ4v) is 3.54. The number of methoxy groups -OCH3 is 1. The van der Waals surface area contributed by atoms with Gasteiger partial charge in [0, 0.05) is 36.7 Å². The predicted molar refractivity (Wildman–Crippen MR) is 111 cm³/mol. The van der Waals surface area contributed by atoms with E-state index >= 15 is 0 Å². The molecule has 1 aliphatic rings. The predicted octanol–water partition coefficient (Wildman–Crippen LogP) is 4.07. The highest BCUT2D eigenvalue weighted by Crippen LogP contribution is 2.29. The Kier molecular flexibility index (Phi) is 5.92. The minimum absolute atomic E-state index is 0.200. The molecule has 0 bridgehead atoms. The molecule has 29 heavy (non-hydrogen) atoms. The van der Waals surface area contributed by atoms with Crippen LogP contribution in [-0.2, 0) is 4.74 Å². The van der Waals surface area contributed by atoms with Gasteiger partial charge in [0.25, 0.3) is 0 Å². The van der Waals surface area contributed by atoms with E-state index in [2.05, 4.69) is 4.90 Å². The number of aryl methyl sites for hydroxylation is 1. The van der Waals surface area contributed by atoms with Crippen LogP contribution in [-0.4, -0.2) is 56.4 Å². The molecule has 0 amide bonds. The number of hydrogen-bond acceptors (Lipinski definition) is 5. The molecule has 0 aliphatic carbocycles. The summed E-state index contributed by atoms with van der Waals surface area (Å²) in [4.78, 5) is 7.05. The summed E-state index contributed by atoms with van der Waals surface area (Å²) in [5.74, 6) is 0.657. The Morgan fingerprint density at radius 1 is 1.10 bits per heavy atom. The molecular formula is C23H25FN2O3. The van der Waals surface area contributed by atoms with Crippen molar-refractivity contribution in [3.05, 3.63) is 53.8 Å². The van der Waals surface area contributed by atoms with Crippen molar-refractivity contribution in [2.45, 2.75) is 6.92 Å². The molecule has 1 fully saturated rings. The number of benzene rings is 2. The van der Waals surface area contributed by atoms with Crippen molar-refractivity contribution >= 4 is 10.9 Å². The van der Waals surface area contributed by atoms with Gasteiger partial charge in [0.05, 0.1) is 31.5 Å². The van der Waals surface area contributed by atoms with Crippen LogP contribution < -0.4 is 9.47 Å². The molecule has 0 unspecified atom stereocenters. The minimum Gasteiger partial charge on any atom is -0.494 e. The molecule has 1 saturated heterocycles. The number of nitrogens with zero attached hydrogens (tertiary/aromatic N) is 2. The molecule has 0 saturated carbocycles. The van der Waals surface area contributed by atoms with E-state index in [-0.39, 0.29) is 11.6 Å². The summed E-state index contributed by atoms with van der Waals surface area (Å²) in [6.45, 7) is 7.03. The highest BCUT2D eigenvalue weighted by atomic mass is 19.1. The summed E-state index contributed by atoms with van der Waals surface area (Å²) in [7, 11) is 1.46. The van der Waals surface area contributed by atoms with Crippen molar-refractivity contribution in [2.24, 2.45) is 0 Å². The van der Waals surface area contributed by atoms with Crippen LogP contribution in [0.3, 0.4) is 0 Å². The second-order valence-electron chi connectivity index (χ2n) is 7.16. The summed E-state index contributed by atoms with van der Waals surface area (Å²) >= 11 is 0. The van der Waals surface area contributed by atoms with Crippen molar-refractivity contribution in [2.75, 3.05) is 46.6 Å². The average molecular weight is 396 g/mol. The zero-order chi connectivity index (χ0) is 20.2. The molecule has 6 heteroatoms. The van der Waals surface area contributed by atoms with E-state index in [1.807, 2.05) is 37.3 Å². The van der Waals surface area contributed by atoms with Crippen LogP contribution in [0.2, 0.25) is 0 Å². The molecule has 2 heterocycles. The molecule has 1 aliphatic heterocycles. The van der Waals surface area contributed by atoms with Crippen molar-refractivity contribution in [1.29, 1.82) is 0 Å². The SMILES string of the molecule is COc1cc2nc(-c3ccc(OCCN4CCOCC4)cc3)cc(C)c2cc1F. The number of hydrogen-bond donors (Lipinski definition) is 0. The van der Waals surface area contributed by atoms with Gasteiger partial charge in [-0.1, -0.05) is 0 Å². The maximum Gasteiger partial charge on any atom is 0.165 e. The third kappa shape index (κ3) is 4.49. The summed E-state index contributed by atoms with van der Waals surface area (Å²) in [5.41, 5.74) is 3.50. The molecule has 0 atom stereocenters. The second-order valence-corrected chi connectivity index (χ2v) is 7.16.